The fraction of sp³-hybridized carbons (Fsp3) is 0.538. The van der Waals surface area contributed by atoms with E-state index in [0.29, 0.717) is 16.1 Å². The second kappa shape index (κ2) is 5.94. The Kier molecular flexibility index (Phi) is 4.55. The van der Waals surface area contributed by atoms with Gasteiger partial charge >= 0.3 is 0 Å². The van der Waals surface area contributed by atoms with Gasteiger partial charge in [-0.15, -0.1) is 0 Å². The molecule has 0 spiro atoms. The molecular formula is C13H17Cl2NO. The van der Waals surface area contributed by atoms with Gasteiger partial charge in [-0.3, -0.25) is 0 Å². The van der Waals surface area contributed by atoms with Crippen LogP contribution in [0, 0.1) is 0 Å². The molecule has 2 nitrogen and oxygen atoms in total. The van der Waals surface area contributed by atoms with Gasteiger partial charge in [-0.25, -0.2) is 0 Å². The van der Waals surface area contributed by atoms with E-state index in [-0.39, 0.29) is 6.10 Å². The first-order chi connectivity index (χ1) is 8.20. The summed E-state index contributed by atoms with van der Waals surface area (Å²) in [5.74, 6) is 0. The molecule has 2 atom stereocenters. The van der Waals surface area contributed by atoms with Gasteiger partial charge in [0.1, 0.15) is 0 Å². The van der Waals surface area contributed by atoms with Crippen LogP contribution in [0.1, 0.15) is 25.7 Å². The van der Waals surface area contributed by atoms with Gasteiger partial charge in [0, 0.05) is 12.1 Å². The molecule has 0 radical (unpaired) electrons. The smallest absolute Gasteiger partial charge is 0.0772 e. The third-order valence-electron chi connectivity index (χ3n) is 3.27. The summed E-state index contributed by atoms with van der Waals surface area (Å²) in [5, 5.41) is 4.85. The maximum Gasteiger partial charge on any atom is 0.0772 e. The zero-order valence-corrected chi connectivity index (χ0v) is 11.4. The molecule has 17 heavy (non-hydrogen) atoms. The molecule has 0 heterocycles. The maximum atomic E-state index is 6.14. The number of anilines is 1. The predicted molar refractivity (Wildman–Crippen MR) is 73.1 cm³/mol. The largest absolute Gasteiger partial charge is 0.379 e. The van der Waals surface area contributed by atoms with Crippen molar-refractivity contribution in [1.82, 2.24) is 0 Å². The van der Waals surface area contributed by atoms with Gasteiger partial charge in [0.25, 0.3) is 0 Å². The summed E-state index contributed by atoms with van der Waals surface area (Å²) in [4.78, 5) is 0. The number of rotatable bonds is 3. The quantitative estimate of drug-likeness (QED) is 0.884. The normalized spacial score (nSPS) is 24.6. The highest BCUT2D eigenvalue weighted by Crippen LogP contribution is 2.29. The molecule has 1 aliphatic carbocycles. The van der Waals surface area contributed by atoms with Gasteiger partial charge in [-0.1, -0.05) is 36.0 Å². The summed E-state index contributed by atoms with van der Waals surface area (Å²) in [7, 11) is 1.77. The number of methoxy groups -OCH3 is 1. The highest BCUT2D eigenvalue weighted by Gasteiger charge is 2.25. The molecule has 94 valence electrons. The number of hydrogen-bond acceptors (Lipinski definition) is 2. The molecule has 1 aliphatic rings. The topological polar surface area (TPSA) is 21.3 Å². The summed E-state index contributed by atoms with van der Waals surface area (Å²) in [6.07, 6.45) is 4.95. The standard InChI is InChI=1S/C13H17Cl2NO/c1-17-13-5-3-2-4-11(13)16-12-8-9(14)6-7-10(12)15/h6-8,11,13,16H,2-5H2,1H3. The molecule has 1 aromatic rings. The Morgan fingerprint density at radius 1 is 1.24 bits per heavy atom. The minimum Gasteiger partial charge on any atom is -0.379 e. The highest BCUT2D eigenvalue weighted by molar-refractivity contribution is 6.35. The second-order valence-corrected chi connectivity index (χ2v) is 5.28. The minimum absolute atomic E-state index is 0.263. The Morgan fingerprint density at radius 2 is 2.00 bits per heavy atom. The van der Waals surface area contributed by atoms with E-state index in [4.69, 9.17) is 27.9 Å². The van der Waals surface area contributed by atoms with Gasteiger partial charge in [-0.2, -0.15) is 0 Å². The van der Waals surface area contributed by atoms with Crippen molar-refractivity contribution in [1.29, 1.82) is 0 Å². The van der Waals surface area contributed by atoms with Crippen molar-refractivity contribution in [2.24, 2.45) is 0 Å². The first-order valence-corrected chi connectivity index (χ1v) is 6.70. The minimum atomic E-state index is 0.263. The van der Waals surface area contributed by atoms with Crippen molar-refractivity contribution in [2.75, 3.05) is 12.4 Å². The molecular weight excluding hydrogens is 257 g/mol. The molecule has 0 aliphatic heterocycles. The maximum absolute atomic E-state index is 6.14. The van der Waals surface area contributed by atoms with Crippen molar-refractivity contribution in [3.05, 3.63) is 28.2 Å². The summed E-state index contributed by atoms with van der Waals surface area (Å²) in [6, 6.07) is 5.80. The van der Waals surface area contributed by atoms with Crippen LogP contribution in [0.5, 0.6) is 0 Å². The predicted octanol–water partition coefficient (Wildman–Crippen LogP) is 4.36. The van der Waals surface area contributed by atoms with E-state index in [9.17, 15) is 0 Å². The first-order valence-electron chi connectivity index (χ1n) is 5.95. The van der Waals surface area contributed by atoms with Crippen molar-refractivity contribution in [2.45, 2.75) is 37.8 Å². The zero-order valence-electron chi connectivity index (χ0n) is 9.88. The van der Waals surface area contributed by atoms with E-state index in [1.807, 2.05) is 12.1 Å². The molecule has 0 bridgehead atoms. The van der Waals surface area contributed by atoms with Crippen LogP contribution in [0.15, 0.2) is 18.2 Å². The Balaban J connectivity index is 2.10. The van der Waals surface area contributed by atoms with Crippen LogP contribution in [-0.2, 0) is 4.74 Å². The van der Waals surface area contributed by atoms with Gasteiger partial charge < -0.3 is 10.1 Å². The Bertz CT molecular complexity index is 384. The van der Waals surface area contributed by atoms with E-state index >= 15 is 0 Å². The van der Waals surface area contributed by atoms with Crippen molar-refractivity contribution >= 4 is 28.9 Å². The molecule has 1 fully saturated rings. The van der Waals surface area contributed by atoms with Crippen LogP contribution < -0.4 is 5.32 Å². The molecule has 2 rings (SSSR count). The number of benzene rings is 1. The Hall–Kier alpha value is -0.440. The van der Waals surface area contributed by atoms with Gasteiger partial charge in [0.15, 0.2) is 0 Å². The van der Waals surface area contributed by atoms with Crippen LogP contribution >= 0.6 is 23.2 Å². The molecule has 4 heteroatoms. The monoisotopic (exact) mass is 273 g/mol. The number of ether oxygens (including phenoxy) is 1. The molecule has 0 amide bonds. The molecule has 1 saturated carbocycles. The van der Waals surface area contributed by atoms with Crippen molar-refractivity contribution in [3.8, 4) is 0 Å². The SMILES string of the molecule is COC1CCCCC1Nc1cc(Cl)ccc1Cl. The van der Waals surface area contributed by atoms with Crippen LogP contribution in [0.2, 0.25) is 10.0 Å². The van der Waals surface area contributed by atoms with Crippen LogP contribution in [0.25, 0.3) is 0 Å². The van der Waals surface area contributed by atoms with Gasteiger partial charge in [-0.05, 0) is 31.0 Å². The fourth-order valence-corrected chi connectivity index (χ4v) is 2.70. The number of nitrogens with one attached hydrogen (secondary N) is 1. The summed E-state index contributed by atoms with van der Waals surface area (Å²) in [5.41, 5.74) is 0.896. The lowest BCUT2D eigenvalue weighted by atomic mass is 9.92. The molecule has 2 unspecified atom stereocenters. The molecule has 0 aromatic heterocycles. The third-order valence-corrected chi connectivity index (χ3v) is 3.84. The van der Waals surface area contributed by atoms with Crippen molar-refractivity contribution in [3.63, 3.8) is 0 Å². The second-order valence-electron chi connectivity index (χ2n) is 4.43. The van der Waals surface area contributed by atoms with Crippen LogP contribution in [0.4, 0.5) is 5.69 Å². The van der Waals surface area contributed by atoms with E-state index < -0.39 is 0 Å². The first kappa shape index (κ1) is 13.0. The highest BCUT2D eigenvalue weighted by atomic mass is 35.5. The number of hydrogen-bond donors (Lipinski definition) is 1. The van der Waals surface area contributed by atoms with Gasteiger partial charge in [0.2, 0.25) is 0 Å². The zero-order chi connectivity index (χ0) is 12.3. The molecule has 1 aromatic carbocycles. The molecule has 0 saturated heterocycles. The van der Waals surface area contributed by atoms with E-state index in [1.54, 1.807) is 13.2 Å². The lowest BCUT2D eigenvalue weighted by Crippen LogP contribution is -2.37. The number of halogens is 2. The Labute approximate surface area is 112 Å². The van der Waals surface area contributed by atoms with E-state index in [1.165, 1.54) is 12.8 Å². The summed E-state index contributed by atoms with van der Waals surface area (Å²) >= 11 is 12.1. The lowest BCUT2D eigenvalue weighted by Gasteiger charge is -2.32. The van der Waals surface area contributed by atoms with Crippen molar-refractivity contribution < 1.29 is 4.74 Å². The van der Waals surface area contributed by atoms with Gasteiger partial charge in [0.05, 0.1) is 22.9 Å². The third kappa shape index (κ3) is 3.27. The fourth-order valence-electron chi connectivity index (χ4n) is 2.35. The molecule has 1 N–H and O–H groups in total. The Morgan fingerprint density at radius 3 is 2.76 bits per heavy atom. The lowest BCUT2D eigenvalue weighted by molar-refractivity contribution is 0.0606. The van der Waals surface area contributed by atoms with E-state index in [2.05, 4.69) is 5.32 Å². The van der Waals surface area contributed by atoms with Crippen LogP contribution in [0.3, 0.4) is 0 Å². The van der Waals surface area contributed by atoms with E-state index in [0.717, 1.165) is 18.5 Å². The van der Waals surface area contributed by atoms with Crippen LogP contribution in [-0.4, -0.2) is 19.3 Å². The average molecular weight is 274 g/mol. The summed E-state index contributed by atoms with van der Waals surface area (Å²) in [6.45, 7) is 0. The summed E-state index contributed by atoms with van der Waals surface area (Å²) < 4.78 is 5.51. The average Bonchev–Trinajstić information content (AvgIpc) is 2.34.